The van der Waals surface area contributed by atoms with Gasteiger partial charge in [-0.2, -0.15) is 0 Å². The number of benzene rings is 2. The van der Waals surface area contributed by atoms with Crippen LogP contribution in [0.25, 0.3) is 0 Å². The van der Waals surface area contributed by atoms with Crippen molar-refractivity contribution < 1.29 is 23.9 Å². The number of rotatable bonds is 8. The molecule has 0 aliphatic carbocycles. The van der Waals surface area contributed by atoms with E-state index >= 15 is 0 Å². The lowest BCUT2D eigenvalue weighted by Gasteiger charge is -2.33. The third-order valence-electron chi connectivity index (χ3n) is 6.41. The lowest BCUT2D eigenvalue weighted by Crippen LogP contribution is -2.51. The molecule has 0 bridgehead atoms. The number of hydrazine groups is 1. The number of urea groups is 1. The van der Waals surface area contributed by atoms with E-state index in [9.17, 15) is 14.4 Å². The maximum atomic E-state index is 13.6. The number of amides is 4. The van der Waals surface area contributed by atoms with Gasteiger partial charge in [0.25, 0.3) is 11.8 Å². The second kappa shape index (κ2) is 10.9. The van der Waals surface area contributed by atoms with E-state index in [2.05, 4.69) is 17.3 Å². The van der Waals surface area contributed by atoms with E-state index < -0.39 is 6.04 Å². The van der Waals surface area contributed by atoms with Gasteiger partial charge < -0.3 is 19.7 Å². The Morgan fingerprint density at radius 1 is 1.11 bits per heavy atom. The van der Waals surface area contributed by atoms with E-state index in [1.54, 1.807) is 11.1 Å². The molecule has 3 heterocycles. The van der Waals surface area contributed by atoms with Gasteiger partial charge in [-0.05, 0) is 29.8 Å². The lowest BCUT2D eigenvalue weighted by molar-refractivity contribution is -0.135. The quantitative estimate of drug-likeness (QED) is 0.536. The molecule has 2 aromatic carbocycles. The minimum Gasteiger partial charge on any atom is -0.457 e. The topological polar surface area (TPSA) is 103 Å². The molecule has 192 valence electrons. The molecule has 0 unspecified atom stereocenters. The number of para-hydroxylation sites is 1. The van der Waals surface area contributed by atoms with E-state index in [-0.39, 0.29) is 37.5 Å². The second-order valence-electron chi connectivity index (χ2n) is 8.93. The molecular formula is C27H29N5O5. The maximum Gasteiger partial charge on any atom is 0.322 e. The fourth-order valence-corrected chi connectivity index (χ4v) is 4.69. The Morgan fingerprint density at radius 2 is 1.86 bits per heavy atom. The molecule has 4 amide bonds. The minimum atomic E-state index is -0.678. The van der Waals surface area contributed by atoms with E-state index in [4.69, 9.17) is 9.47 Å². The summed E-state index contributed by atoms with van der Waals surface area (Å²) in [6, 6.07) is 15.7. The molecule has 10 nitrogen and oxygen atoms in total. The molecule has 3 aliphatic rings. The summed E-state index contributed by atoms with van der Waals surface area (Å²) in [7, 11) is 0. The van der Waals surface area contributed by atoms with Gasteiger partial charge >= 0.3 is 6.03 Å². The van der Waals surface area contributed by atoms with Crippen molar-refractivity contribution in [1.82, 2.24) is 25.6 Å². The normalized spacial score (nSPS) is 19.9. The predicted octanol–water partition coefficient (Wildman–Crippen LogP) is 2.19. The summed E-state index contributed by atoms with van der Waals surface area (Å²) in [5, 5.41) is 4.74. The van der Waals surface area contributed by atoms with Crippen molar-refractivity contribution in [3.8, 4) is 11.5 Å². The number of morpholine rings is 1. The van der Waals surface area contributed by atoms with Crippen LogP contribution in [0.5, 0.6) is 11.5 Å². The Hall–Kier alpha value is -4.15. The van der Waals surface area contributed by atoms with Gasteiger partial charge in [0.1, 0.15) is 18.0 Å². The molecular weight excluding hydrogens is 474 g/mol. The SMILES string of the molecule is C=CCN1C(=O)N[C@@H](c2cccc(Oc3ccccc3)c2)C2=C1CN(CC(=O)NN1CCOCC1)C2=O. The van der Waals surface area contributed by atoms with Crippen LogP contribution in [-0.2, 0) is 14.3 Å². The Balaban J connectivity index is 1.38. The number of carbonyl (C=O) groups excluding carboxylic acids is 3. The van der Waals surface area contributed by atoms with Crippen molar-refractivity contribution in [2.24, 2.45) is 0 Å². The molecule has 0 radical (unpaired) electrons. The van der Waals surface area contributed by atoms with Gasteiger partial charge in [-0.25, -0.2) is 9.80 Å². The number of nitrogens with one attached hydrogen (secondary N) is 2. The van der Waals surface area contributed by atoms with Crippen LogP contribution >= 0.6 is 0 Å². The third kappa shape index (κ3) is 5.35. The number of carbonyl (C=O) groups is 3. The molecule has 10 heteroatoms. The number of hydrogen-bond acceptors (Lipinski definition) is 6. The summed E-state index contributed by atoms with van der Waals surface area (Å²) < 4.78 is 11.3. The highest BCUT2D eigenvalue weighted by atomic mass is 16.5. The number of ether oxygens (including phenoxy) is 2. The van der Waals surface area contributed by atoms with Gasteiger partial charge in [0, 0.05) is 19.6 Å². The molecule has 1 atom stereocenters. The Labute approximate surface area is 215 Å². The van der Waals surface area contributed by atoms with Crippen molar-refractivity contribution in [2.75, 3.05) is 45.9 Å². The highest BCUT2D eigenvalue weighted by Crippen LogP contribution is 2.37. The van der Waals surface area contributed by atoms with Crippen LogP contribution in [0, 0.1) is 0 Å². The zero-order valence-electron chi connectivity index (χ0n) is 20.4. The van der Waals surface area contributed by atoms with E-state index in [0.29, 0.717) is 54.6 Å². The van der Waals surface area contributed by atoms with Gasteiger partial charge in [0.2, 0.25) is 0 Å². The first kappa shape index (κ1) is 24.5. The average molecular weight is 504 g/mol. The average Bonchev–Trinajstić information content (AvgIpc) is 3.22. The van der Waals surface area contributed by atoms with Crippen molar-refractivity contribution in [1.29, 1.82) is 0 Å². The zero-order valence-corrected chi connectivity index (χ0v) is 20.4. The maximum absolute atomic E-state index is 13.6. The van der Waals surface area contributed by atoms with Crippen molar-refractivity contribution in [3.05, 3.63) is 84.1 Å². The molecule has 0 aromatic heterocycles. The molecule has 0 saturated carbocycles. The predicted molar refractivity (Wildman–Crippen MR) is 135 cm³/mol. The molecule has 3 aliphatic heterocycles. The van der Waals surface area contributed by atoms with Crippen LogP contribution in [0.2, 0.25) is 0 Å². The summed E-state index contributed by atoms with van der Waals surface area (Å²) in [6.07, 6.45) is 1.61. The van der Waals surface area contributed by atoms with Crippen LogP contribution in [0.4, 0.5) is 4.79 Å². The van der Waals surface area contributed by atoms with Crippen LogP contribution in [0.1, 0.15) is 11.6 Å². The summed E-state index contributed by atoms with van der Waals surface area (Å²) in [6.45, 7) is 6.28. The van der Waals surface area contributed by atoms with Gasteiger partial charge in [-0.15, -0.1) is 6.58 Å². The van der Waals surface area contributed by atoms with Crippen molar-refractivity contribution >= 4 is 17.8 Å². The van der Waals surface area contributed by atoms with Crippen LogP contribution in [0.15, 0.2) is 78.5 Å². The minimum absolute atomic E-state index is 0.122. The first-order valence-electron chi connectivity index (χ1n) is 12.2. The summed E-state index contributed by atoms with van der Waals surface area (Å²) >= 11 is 0. The Bertz CT molecular complexity index is 1220. The largest absolute Gasteiger partial charge is 0.457 e. The first-order chi connectivity index (χ1) is 18.0. The van der Waals surface area contributed by atoms with E-state index in [1.165, 1.54) is 9.80 Å². The second-order valence-corrected chi connectivity index (χ2v) is 8.93. The molecule has 37 heavy (non-hydrogen) atoms. The number of hydrogen-bond donors (Lipinski definition) is 2. The molecule has 0 spiro atoms. The van der Waals surface area contributed by atoms with E-state index in [0.717, 1.165) is 0 Å². The molecule has 1 saturated heterocycles. The monoisotopic (exact) mass is 503 g/mol. The Morgan fingerprint density at radius 3 is 2.62 bits per heavy atom. The fourth-order valence-electron chi connectivity index (χ4n) is 4.69. The van der Waals surface area contributed by atoms with Crippen LogP contribution in [-0.4, -0.2) is 78.6 Å². The molecule has 1 fully saturated rings. The van der Waals surface area contributed by atoms with Gasteiger partial charge in [0.05, 0.1) is 37.1 Å². The third-order valence-corrected chi connectivity index (χ3v) is 6.41. The highest BCUT2D eigenvalue weighted by Gasteiger charge is 2.44. The summed E-state index contributed by atoms with van der Waals surface area (Å²) in [4.78, 5) is 42.4. The van der Waals surface area contributed by atoms with Crippen LogP contribution < -0.4 is 15.5 Å². The molecule has 5 rings (SSSR count). The highest BCUT2D eigenvalue weighted by molar-refractivity contribution is 6.03. The van der Waals surface area contributed by atoms with Gasteiger partial charge in [-0.3, -0.25) is 19.9 Å². The van der Waals surface area contributed by atoms with Gasteiger partial charge in [-0.1, -0.05) is 36.4 Å². The standard InChI is InChI=1S/C27H29N5O5/c1-2-11-32-22-17-30(18-23(33)29-31-12-14-36-15-13-31)26(34)24(22)25(28-27(32)35)19-7-6-10-21(16-19)37-20-8-4-3-5-9-20/h2-10,16,25H,1,11-15,17-18H2,(H,28,35)(H,29,33)/t25-/m0/s1. The molecule has 2 N–H and O–H groups in total. The number of nitrogens with zero attached hydrogens (tertiary/aromatic N) is 3. The lowest BCUT2D eigenvalue weighted by atomic mass is 9.95. The van der Waals surface area contributed by atoms with Crippen molar-refractivity contribution in [2.45, 2.75) is 6.04 Å². The fraction of sp³-hybridized carbons (Fsp3) is 0.296. The summed E-state index contributed by atoms with van der Waals surface area (Å²) in [5.74, 6) is 0.680. The zero-order chi connectivity index (χ0) is 25.8. The van der Waals surface area contributed by atoms with Crippen LogP contribution in [0.3, 0.4) is 0 Å². The van der Waals surface area contributed by atoms with Gasteiger partial charge in [0.15, 0.2) is 0 Å². The molecule has 2 aromatic rings. The van der Waals surface area contributed by atoms with E-state index in [1.807, 2.05) is 54.6 Å². The van der Waals surface area contributed by atoms with Crippen molar-refractivity contribution in [3.63, 3.8) is 0 Å². The Kier molecular flexibility index (Phi) is 7.20. The first-order valence-corrected chi connectivity index (χ1v) is 12.2. The smallest absolute Gasteiger partial charge is 0.322 e. The summed E-state index contributed by atoms with van der Waals surface area (Å²) in [5.41, 5.74) is 4.57.